The highest BCUT2D eigenvalue weighted by molar-refractivity contribution is 5.87. The van der Waals surface area contributed by atoms with E-state index in [4.69, 9.17) is 0 Å². The largest absolute Gasteiger partial charge is 0.334 e. The average molecular weight is 292 g/mol. The summed E-state index contributed by atoms with van der Waals surface area (Å²) in [5.74, 6) is 0.114. The van der Waals surface area contributed by atoms with Gasteiger partial charge in [-0.3, -0.25) is 14.9 Å². The molecule has 1 aliphatic rings. The summed E-state index contributed by atoms with van der Waals surface area (Å²) in [6.07, 6.45) is 2.23. The molecule has 1 N–H and O–H groups in total. The van der Waals surface area contributed by atoms with Crippen molar-refractivity contribution in [3.05, 3.63) is 59.0 Å². The number of nitrogens with one attached hydrogen (secondary N) is 1. The van der Waals surface area contributed by atoms with Crippen LogP contribution in [0.2, 0.25) is 0 Å². The van der Waals surface area contributed by atoms with Gasteiger partial charge in [0.15, 0.2) is 0 Å². The first-order chi connectivity index (χ1) is 10.7. The van der Waals surface area contributed by atoms with Gasteiger partial charge in [-0.2, -0.15) is 5.10 Å². The van der Waals surface area contributed by atoms with Crippen molar-refractivity contribution in [1.82, 2.24) is 20.1 Å². The summed E-state index contributed by atoms with van der Waals surface area (Å²) in [7, 11) is 0. The molecule has 1 aliphatic heterocycles. The number of aromatic nitrogens is 3. The van der Waals surface area contributed by atoms with Gasteiger partial charge in [0.1, 0.15) is 0 Å². The fourth-order valence-electron chi connectivity index (χ4n) is 2.99. The molecule has 1 aromatic carbocycles. The minimum atomic E-state index is 0.114. The van der Waals surface area contributed by atoms with E-state index in [1.807, 2.05) is 42.3 Å². The number of pyridine rings is 1. The SMILES string of the molecule is Cc1cc2c(cn1)CN(C(=O)Cc1[nH]nc3ccccc13)C2. The number of nitrogens with zero attached hydrogens (tertiary/aromatic N) is 3. The van der Waals surface area contributed by atoms with Gasteiger partial charge in [-0.05, 0) is 30.2 Å². The van der Waals surface area contributed by atoms with Crippen LogP contribution in [0.4, 0.5) is 0 Å². The van der Waals surface area contributed by atoms with Crippen LogP contribution in [0.5, 0.6) is 0 Å². The van der Waals surface area contributed by atoms with Crippen LogP contribution < -0.4 is 0 Å². The summed E-state index contributed by atoms with van der Waals surface area (Å²) >= 11 is 0. The van der Waals surface area contributed by atoms with E-state index in [-0.39, 0.29) is 5.91 Å². The molecule has 0 aliphatic carbocycles. The molecule has 0 spiro atoms. The normalized spacial score (nSPS) is 13.6. The maximum atomic E-state index is 12.6. The van der Waals surface area contributed by atoms with Gasteiger partial charge in [0.05, 0.1) is 17.6 Å². The van der Waals surface area contributed by atoms with Crippen LogP contribution in [0.25, 0.3) is 10.9 Å². The molecular formula is C17H16N4O. The minimum absolute atomic E-state index is 0.114. The van der Waals surface area contributed by atoms with Gasteiger partial charge in [-0.1, -0.05) is 18.2 Å². The second-order valence-corrected chi connectivity index (χ2v) is 5.74. The fraction of sp³-hybridized carbons (Fsp3) is 0.235. The summed E-state index contributed by atoms with van der Waals surface area (Å²) in [6, 6.07) is 9.91. The van der Waals surface area contributed by atoms with Crippen molar-refractivity contribution < 1.29 is 4.79 Å². The molecule has 5 heteroatoms. The Labute approximate surface area is 128 Å². The van der Waals surface area contributed by atoms with Crippen LogP contribution in [0, 0.1) is 6.92 Å². The Kier molecular flexibility index (Phi) is 2.92. The first-order valence-electron chi connectivity index (χ1n) is 7.35. The van der Waals surface area contributed by atoms with E-state index in [1.165, 1.54) is 5.56 Å². The molecule has 5 nitrogen and oxygen atoms in total. The number of para-hydroxylation sites is 1. The highest BCUT2D eigenvalue weighted by Crippen LogP contribution is 2.24. The summed E-state index contributed by atoms with van der Waals surface area (Å²) in [4.78, 5) is 18.8. The van der Waals surface area contributed by atoms with Gasteiger partial charge in [0, 0.05) is 30.4 Å². The van der Waals surface area contributed by atoms with Crippen LogP contribution in [0.15, 0.2) is 36.5 Å². The number of amides is 1. The van der Waals surface area contributed by atoms with Gasteiger partial charge >= 0.3 is 0 Å². The standard InChI is InChI=1S/C17H16N4O/c1-11-6-12-9-21(10-13(12)8-18-11)17(22)7-16-14-4-2-3-5-15(14)19-20-16/h2-6,8H,7,9-10H2,1H3,(H,19,20). The van der Waals surface area contributed by atoms with Crippen molar-refractivity contribution in [3.8, 4) is 0 Å². The van der Waals surface area contributed by atoms with Gasteiger partial charge in [-0.15, -0.1) is 0 Å². The lowest BCUT2D eigenvalue weighted by atomic mass is 10.1. The number of H-pyrrole nitrogens is 1. The summed E-state index contributed by atoms with van der Waals surface area (Å²) < 4.78 is 0. The zero-order valence-electron chi connectivity index (χ0n) is 12.3. The minimum Gasteiger partial charge on any atom is -0.334 e. The first-order valence-corrected chi connectivity index (χ1v) is 7.35. The second kappa shape index (κ2) is 4.94. The van der Waals surface area contributed by atoms with E-state index < -0.39 is 0 Å². The number of rotatable bonds is 2. The van der Waals surface area contributed by atoms with E-state index in [1.54, 1.807) is 0 Å². The highest BCUT2D eigenvalue weighted by Gasteiger charge is 2.24. The van der Waals surface area contributed by atoms with Crippen LogP contribution in [-0.2, 0) is 24.3 Å². The van der Waals surface area contributed by atoms with E-state index in [0.29, 0.717) is 19.5 Å². The van der Waals surface area contributed by atoms with E-state index >= 15 is 0 Å². The Morgan fingerprint density at radius 2 is 2.09 bits per heavy atom. The third kappa shape index (κ3) is 2.15. The third-order valence-electron chi connectivity index (χ3n) is 4.16. The van der Waals surface area contributed by atoms with Crippen LogP contribution >= 0.6 is 0 Å². The number of carbonyl (C=O) groups excluding carboxylic acids is 1. The molecule has 110 valence electrons. The number of hydrogen-bond acceptors (Lipinski definition) is 3. The molecule has 1 amide bonds. The lowest BCUT2D eigenvalue weighted by molar-refractivity contribution is -0.131. The molecule has 4 rings (SSSR count). The molecule has 0 atom stereocenters. The number of hydrogen-bond donors (Lipinski definition) is 1. The summed E-state index contributed by atoms with van der Waals surface area (Å²) in [6.45, 7) is 3.29. The van der Waals surface area contributed by atoms with Crippen molar-refractivity contribution in [2.24, 2.45) is 0 Å². The van der Waals surface area contributed by atoms with Crippen LogP contribution in [0.3, 0.4) is 0 Å². The molecule has 0 saturated carbocycles. The number of fused-ring (bicyclic) bond motifs is 2. The van der Waals surface area contributed by atoms with Crippen molar-refractivity contribution in [1.29, 1.82) is 0 Å². The molecule has 0 unspecified atom stereocenters. The zero-order chi connectivity index (χ0) is 15.1. The Bertz CT molecular complexity index is 868. The maximum absolute atomic E-state index is 12.6. The molecule has 0 bridgehead atoms. The van der Waals surface area contributed by atoms with Gasteiger partial charge in [0.25, 0.3) is 0 Å². The van der Waals surface area contributed by atoms with Gasteiger partial charge in [0.2, 0.25) is 5.91 Å². The molecule has 2 aromatic heterocycles. The predicted molar refractivity (Wildman–Crippen MR) is 83.0 cm³/mol. The van der Waals surface area contributed by atoms with E-state index in [2.05, 4.69) is 21.2 Å². The fourth-order valence-corrected chi connectivity index (χ4v) is 2.99. The Morgan fingerprint density at radius 1 is 1.27 bits per heavy atom. The number of aromatic amines is 1. The van der Waals surface area contributed by atoms with Crippen LogP contribution in [-0.4, -0.2) is 26.0 Å². The Morgan fingerprint density at radius 3 is 3.00 bits per heavy atom. The number of carbonyl (C=O) groups is 1. The molecule has 0 fully saturated rings. The molecule has 3 heterocycles. The van der Waals surface area contributed by atoms with Crippen molar-refractivity contribution in [2.45, 2.75) is 26.4 Å². The summed E-state index contributed by atoms with van der Waals surface area (Å²) in [5, 5.41) is 8.25. The Hall–Kier alpha value is -2.69. The number of aryl methyl sites for hydroxylation is 1. The van der Waals surface area contributed by atoms with Crippen molar-refractivity contribution >= 4 is 16.8 Å². The molecular weight excluding hydrogens is 276 g/mol. The number of benzene rings is 1. The average Bonchev–Trinajstić information content (AvgIpc) is 3.11. The van der Waals surface area contributed by atoms with E-state index in [9.17, 15) is 4.79 Å². The summed E-state index contributed by atoms with van der Waals surface area (Å²) in [5.41, 5.74) is 5.12. The zero-order valence-corrected chi connectivity index (χ0v) is 12.3. The van der Waals surface area contributed by atoms with Gasteiger partial charge in [-0.25, -0.2) is 0 Å². The second-order valence-electron chi connectivity index (χ2n) is 5.74. The first kappa shape index (κ1) is 13.0. The topological polar surface area (TPSA) is 61.9 Å². The molecule has 0 saturated heterocycles. The quantitative estimate of drug-likeness (QED) is 0.788. The highest BCUT2D eigenvalue weighted by atomic mass is 16.2. The third-order valence-corrected chi connectivity index (χ3v) is 4.16. The molecule has 3 aromatic rings. The van der Waals surface area contributed by atoms with Crippen molar-refractivity contribution in [3.63, 3.8) is 0 Å². The predicted octanol–water partition coefficient (Wildman–Crippen LogP) is 2.35. The van der Waals surface area contributed by atoms with Crippen LogP contribution in [0.1, 0.15) is 22.5 Å². The maximum Gasteiger partial charge on any atom is 0.229 e. The van der Waals surface area contributed by atoms with Gasteiger partial charge < -0.3 is 4.90 Å². The van der Waals surface area contributed by atoms with E-state index in [0.717, 1.165) is 27.9 Å². The monoisotopic (exact) mass is 292 g/mol. The smallest absolute Gasteiger partial charge is 0.229 e. The van der Waals surface area contributed by atoms with Crippen molar-refractivity contribution in [2.75, 3.05) is 0 Å². The Balaban J connectivity index is 1.54. The molecule has 22 heavy (non-hydrogen) atoms. The lowest BCUT2D eigenvalue weighted by Crippen LogP contribution is -2.27. The lowest BCUT2D eigenvalue weighted by Gasteiger charge is -2.14. The molecule has 0 radical (unpaired) electrons.